The van der Waals surface area contributed by atoms with Crippen molar-refractivity contribution in [1.82, 2.24) is 15.5 Å². The van der Waals surface area contributed by atoms with Gasteiger partial charge in [-0.15, -0.1) is 0 Å². The van der Waals surface area contributed by atoms with E-state index in [0.717, 1.165) is 16.0 Å². The number of hydrogen-bond acceptors (Lipinski definition) is 2. The van der Waals surface area contributed by atoms with Crippen LogP contribution in [0.2, 0.25) is 0 Å². The van der Waals surface area contributed by atoms with Gasteiger partial charge in [0.05, 0.1) is 0 Å². The van der Waals surface area contributed by atoms with Crippen molar-refractivity contribution in [2.75, 3.05) is 20.6 Å². The Balaban J connectivity index is 2.41. The molecule has 0 heterocycles. The van der Waals surface area contributed by atoms with Crippen LogP contribution in [-0.4, -0.2) is 43.4 Å². The number of carbonyl (C=O) groups excluding carboxylic acids is 1. The molecule has 0 aliphatic carbocycles. The molecule has 0 aliphatic heterocycles. The highest BCUT2D eigenvalue weighted by atomic mass is 79.9. The SMILES string of the molecule is CN=C(NCCC(=O)N(C)Cc1ccccc1Br)NC(C)C(C)C. The molecule has 5 nitrogen and oxygen atoms in total. The molecule has 134 valence electrons. The van der Waals surface area contributed by atoms with Crippen molar-refractivity contribution in [2.45, 2.75) is 39.8 Å². The number of amides is 1. The lowest BCUT2D eigenvalue weighted by atomic mass is 10.1. The van der Waals surface area contributed by atoms with Gasteiger partial charge in [0.2, 0.25) is 5.91 Å². The summed E-state index contributed by atoms with van der Waals surface area (Å²) in [5.41, 5.74) is 1.10. The van der Waals surface area contributed by atoms with Crippen molar-refractivity contribution < 1.29 is 4.79 Å². The minimum Gasteiger partial charge on any atom is -0.356 e. The number of rotatable bonds is 7. The number of nitrogens with one attached hydrogen (secondary N) is 2. The maximum absolute atomic E-state index is 12.3. The highest BCUT2D eigenvalue weighted by molar-refractivity contribution is 9.10. The van der Waals surface area contributed by atoms with Gasteiger partial charge < -0.3 is 15.5 Å². The molecule has 1 aromatic carbocycles. The Morgan fingerprint density at radius 3 is 2.54 bits per heavy atom. The van der Waals surface area contributed by atoms with Crippen LogP contribution in [-0.2, 0) is 11.3 Å². The lowest BCUT2D eigenvalue weighted by molar-refractivity contribution is -0.130. The number of benzene rings is 1. The minimum absolute atomic E-state index is 0.102. The summed E-state index contributed by atoms with van der Waals surface area (Å²) in [6.07, 6.45) is 0.428. The zero-order valence-electron chi connectivity index (χ0n) is 15.3. The van der Waals surface area contributed by atoms with Gasteiger partial charge in [-0.2, -0.15) is 0 Å². The van der Waals surface area contributed by atoms with Crippen molar-refractivity contribution in [3.8, 4) is 0 Å². The molecule has 0 radical (unpaired) electrons. The average Bonchev–Trinajstić information content (AvgIpc) is 2.55. The van der Waals surface area contributed by atoms with Gasteiger partial charge in [-0.1, -0.05) is 48.0 Å². The highest BCUT2D eigenvalue weighted by Crippen LogP contribution is 2.17. The fraction of sp³-hybridized carbons (Fsp3) is 0.556. The predicted molar refractivity (Wildman–Crippen MR) is 104 cm³/mol. The van der Waals surface area contributed by atoms with Gasteiger partial charge in [-0.05, 0) is 24.5 Å². The third kappa shape index (κ3) is 6.91. The molecule has 0 spiro atoms. The quantitative estimate of drug-likeness (QED) is 0.550. The summed E-state index contributed by atoms with van der Waals surface area (Å²) in [6.45, 7) is 7.59. The van der Waals surface area contributed by atoms with Crippen molar-refractivity contribution >= 4 is 27.8 Å². The molecule has 0 aliphatic rings. The fourth-order valence-corrected chi connectivity index (χ4v) is 2.44. The summed E-state index contributed by atoms with van der Waals surface area (Å²) < 4.78 is 1.02. The molecule has 0 saturated heterocycles. The van der Waals surface area contributed by atoms with E-state index >= 15 is 0 Å². The first-order valence-corrected chi connectivity index (χ1v) is 9.09. The molecule has 0 aromatic heterocycles. The highest BCUT2D eigenvalue weighted by Gasteiger charge is 2.12. The molecule has 0 bridgehead atoms. The van der Waals surface area contributed by atoms with E-state index in [1.165, 1.54) is 0 Å². The summed E-state index contributed by atoms with van der Waals surface area (Å²) in [6, 6.07) is 8.28. The number of hydrogen-bond donors (Lipinski definition) is 2. The summed E-state index contributed by atoms with van der Waals surface area (Å²) in [4.78, 5) is 18.2. The van der Waals surface area contributed by atoms with Crippen LogP contribution >= 0.6 is 15.9 Å². The molecule has 1 rings (SSSR count). The van der Waals surface area contributed by atoms with Crippen LogP contribution < -0.4 is 10.6 Å². The fourth-order valence-electron chi connectivity index (χ4n) is 2.03. The van der Waals surface area contributed by atoms with Crippen LogP contribution in [0, 0.1) is 5.92 Å². The van der Waals surface area contributed by atoms with E-state index in [0.29, 0.717) is 31.5 Å². The number of nitrogens with zero attached hydrogens (tertiary/aromatic N) is 2. The Morgan fingerprint density at radius 2 is 1.96 bits per heavy atom. The average molecular weight is 397 g/mol. The third-order valence-corrected chi connectivity index (χ3v) is 4.78. The van der Waals surface area contributed by atoms with Gasteiger partial charge in [0.15, 0.2) is 5.96 Å². The zero-order valence-corrected chi connectivity index (χ0v) is 16.9. The number of aliphatic imine (C=N–C) groups is 1. The zero-order chi connectivity index (χ0) is 18.1. The molecule has 6 heteroatoms. The molecule has 1 aromatic rings. The lowest BCUT2D eigenvalue weighted by Gasteiger charge is -2.21. The van der Waals surface area contributed by atoms with Crippen LogP contribution in [0.4, 0.5) is 0 Å². The van der Waals surface area contributed by atoms with Crippen LogP contribution in [0.25, 0.3) is 0 Å². The summed E-state index contributed by atoms with van der Waals surface area (Å²) in [7, 11) is 3.57. The molecular formula is C18H29BrN4O. The van der Waals surface area contributed by atoms with Crippen LogP contribution in [0.1, 0.15) is 32.8 Å². The van der Waals surface area contributed by atoms with Crippen molar-refractivity contribution in [3.05, 3.63) is 34.3 Å². The van der Waals surface area contributed by atoms with E-state index in [9.17, 15) is 4.79 Å². The molecule has 24 heavy (non-hydrogen) atoms. The van der Waals surface area contributed by atoms with E-state index in [2.05, 4.69) is 52.3 Å². The van der Waals surface area contributed by atoms with E-state index in [1.807, 2.05) is 31.3 Å². The van der Waals surface area contributed by atoms with E-state index in [-0.39, 0.29) is 5.91 Å². The van der Waals surface area contributed by atoms with Gasteiger partial charge >= 0.3 is 0 Å². The smallest absolute Gasteiger partial charge is 0.224 e. The monoisotopic (exact) mass is 396 g/mol. The first-order chi connectivity index (χ1) is 11.3. The second-order valence-corrected chi connectivity index (χ2v) is 7.12. The molecule has 0 fully saturated rings. The molecule has 0 saturated carbocycles. The van der Waals surface area contributed by atoms with Crippen LogP contribution in [0.5, 0.6) is 0 Å². The largest absolute Gasteiger partial charge is 0.356 e. The van der Waals surface area contributed by atoms with Gasteiger partial charge in [0, 0.05) is 44.1 Å². The molecule has 1 unspecified atom stereocenters. The molecule has 2 N–H and O–H groups in total. The van der Waals surface area contributed by atoms with Crippen molar-refractivity contribution in [2.24, 2.45) is 10.9 Å². The van der Waals surface area contributed by atoms with Gasteiger partial charge in [-0.3, -0.25) is 9.79 Å². The van der Waals surface area contributed by atoms with E-state index in [1.54, 1.807) is 11.9 Å². The summed E-state index contributed by atoms with van der Waals surface area (Å²) >= 11 is 3.52. The maximum atomic E-state index is 12.3. The van der Waals surface area contributed by atoms with Crippen LogP contribution in [0.15, 0.2) is 33.7 Å². The standard InChI is InChI=1S/C18H29BrN4O/c1-13(2)14(3)22-18(20-4)21-11-10-17(24)23(5)12-15-8-6-7-9-16(15)19/h6-9,13-14H,10-12H2,1-5H3,(H2,20,21,22). The predicted octanol–water partition coefficient (Wildman–Crippen LogP) is 3.01. The maximum Gasteiger partial charge on any atom is 0.224 e. The normalized spacial score (nSPS) is 12.9. The Hall–Kier alpha value is -1.56. The van der Waals surface area contributed by atoms with E-state index < -0.39 is 0 Å². The summed E-state index contributed by atoms with van der Waals surface area (Å²) in [5.74, 6) is 1.35. The minimum atomic E-state index is 0.102. The Kier molecular flexibility index (Phi) is 8.82. The molecule has 1 atom stereocenters. The third-order valence-electron chi connectivity index (χ3n) is 4.01. The van der Waals surface area contributed by atoms with Crippen LogP contribution in [0.3, 0.4) is 0 Å². The first kappa shape index (κ1) is 20.5. The topological polar surface area (TPSA) is 56.7 Å². The second-order valence-electron chi connectivity index (χ2n) is 6.27. The second kappa shape index (κ2) is 10.3. The lowest BCUT2D eigenvalue weighted by Crippen LogP contribution is -2.45. The van der Waals surface area contributed by atoms with E-state index in [4.69, 9.17) is 0 Å². The molecule has 1 amide bonds. The summed E-state index contributed by atoms with van der Waals surface area (Å²) in [5, 5.41) is 6.52. The Morgan fingerprint density at radius 1 is 1.29 bits per heavy atom. The Bertz CT molecular complexity index is 560. The van der Waals surface area contributed by atoms with Gasteiger partial charge in [0.25, 0.3) is 0 Å². The van der Waals surface area contributed by atoms with Gasteiger partial charge in [0.1, 0.15) is 0 Å². The first-order valence-electron chi connectivity index (χ1n) is 8.29. The van der Waals surface area contributed by atoms with Crippen molar-refractivity contribution in [1.29, 1.82) is 0 Å². The number of guanidine groups is 1. The Labute approximate surface area is 154 Å². The molecular weight excluding hydrogens is 368 g/mol. The van der Waals surface area contributed by atoms with Gasteiger partial charge in [-0.25, -0.2) is 0 Å². The number of carbonyl (C=O) groups is 1. The van der Waals surface area contributed by atoms with Crippen molar-refractivity contribution in [3.63, 3.8) is 0 Å². The number of halogens is 1.